The van der Waals surface area contributed by atoms with Gasteiger partial charge in [0.2, 0.25) is 5.88 Å². The van der Waals surface area contributed by atoms with E-state index in [1.54, 1.807) is 39.9 Å². The molecule has 0 aliphatic heterocycles. The molecule has 0 fully saturated rings. The molecule has 1 amide bonds. The number of ether oxygens (including phenoxy) is 1. The van der Waals surface area contributed by atoms with Crippen LogP contribution in [0.5, 0.6) is 5.88 Å². The van der Waals surface area contributed by atoms with Crippen LogP contribution in [-0.4, -0.2) is 47.5 Å². The third-order valence-corrected chi connectivity index (χ3v) is 5.50. The Morgan fingerprint density at radius 3 is 2.74 bits per heavy atom. The van der Waals surface area contributed by atoms with Gasteiger partial charge in [0, 0.05) is 23.5 Å². The zero-order valence-electron chi connectivity index (χ0n) is 18.8. The normalized spacial score (nSPS) is 11.0. The molecule has 1 aromatic carbocycles. The summed E-state index contributed by atoms with van der Waals surface area (Å²) in [6.07, 6.45) is 6.22. The lowest BCUT2D eigenvalue weighted by Gasteiger charge is -2.10. The number of hydrogen-bond acceptors (Lipinski definition) is 8. The summed E-state index contributed by atoms with van der Waals surface area (Å²) < 4.78 is 8.63. The number of nitrogens with zero attached hydrogens (tertiary/aromatic N) is 6. The van der Waals surface area contributed by atoms with Gasteiger partial charge in [0.05, 0.1) is 37.8 Å². The third kappa shape index (κ3) is 4.27. The third-order valence-electron chi connectivity index (χ3n) is 5.50. The number of rotatable bonds is 7. The molecular weight excluding hydrogens is 448 g/mol. The van der Waals surface area contributed by atoms with Crippen molar-refractivity contribution in [2.24, 2.45) is 0 Å². The zero-order valence-corrected chi connectivity index (χ0v) is 18.8. The summed E-state index contributed by atoms with van der Waals surface area (Å²) in [5, 5.41) is 21.2. The smallest absolute Gasteiger partial charge is 0.261 e. The number of benzene rings is 1. The number of anilines is 2. The van der Waals surface area contributed by atoms with E-state index in [2.05, 4.69) is 25.5 Å². The molecule has 0 unspecified atom stereocenters. The molecule has 0 saturated carbocycles. The summed E-state index contributed by atoms with van der Waals surface area (Å²) in [5.74, 6) is -0.00425. The highest BCUT2D eigenvalue weighted by atomic mass is 16.5. The Kier molecular flexibility index (Phi) is 5.81. The van der Waals surface area contributed by atoms with Gasteiger partial charge >= 0.3 is 0 Å². The Morgan fingerprint density at radius 2 is 1.97 bits per heavy atom. The van der Waals surface area contributed by atoms with E-state index in [1.807, 2.05) is 30.3 Å². The number of nitrogen functional groups attached to an aromatic ring is 1. The molecule has 176 valence electrons. The molecule has 0 aliphatic rings. The van der Waals surface area contributed by atoms with Crippen molar-refractivity contribution in [3.63, 3.8) is 0 Å². The van der Waals surface area contributed by atoms with E-state index in [4.69, 9.17) is 10.5 Å². The summed E-state index contributed by atoms with van der Waals surface area (Å²) in [5.41, 5.74) is 10.1. The molecule has 4 heterocycles. The number of pyridine rings is 1. The molecule has 5 aromatic rings. The number of aliphatic hydroxyl groups is 1. The molecule has 0 saturated heterocycles. The van der Waals surface area contributed by atoms with Gasteiger partial charge in [0.15, 0.2) is 5.82 Å². The number of nitrogens with one attached hydrogen (secondary N) is 1. The Labute approximate surface area is 199 Å². The minimum Gasteiger partial charge on any atom is -0.480 e. The van der Waals surface area contributed by atoms with Crippen LogP contribution in [0.2, 0.25) is 0 Å². The second-order valence-corrected chi connectivity index (χ2v) is 7.77. The van der Waals surface area contributed by atoms with Crippen molar-refractivity contribution in [1.29, 1.82) is 0 Å². The van der Waals surface area contributed by atoms with Gasteiger partial charge in [-0.25, -0.2) is 14.5 Å². The van der Waals surface area contributed by atoms with E-state index in [1.165, 1.54) is 13.4 Å². The van der Waals surface area contributed by atoms with Crippen molar-refractivity contribution < 1.29 is 14.6 Å². The number of amides is 1. The van der Waals surface area contributed by atoms with Crippen LogP contribution in [-0.2, 0) is 13.2 Å². The second-order valence-electron chi connectivity index (χ2n) is 7.77. The summed E-state index contributed by atoms with van der Waals surface area (Å²) >= 11 is 0. The Morgan fingerprint density at radius 1 is 1.14 bits per heavy atom. The van der Waals surface area contributed by atoms with Crippen molar-refractivity contribution in [2.45, 2.75) is 13.2 Å². The Balaban J connectivity index is 1.45. The van der Waals surface area contributed by atoms with Crippen molar-refractivity contribution in [2.75, 3.05) is 18.2 Å². The Hall–Kier alpha value is -4.77. The number of hydrogen-bond donors (Lipinski definition) is 3. The number of nitrogens with two attached hydrogens (primary N) is 1. The first-order valence-corrected chi connectivity index (χ1v) is 10.7. The fourth-order valence-corrected chi connectivity index (χ4v) is 3.87. The lowest BCUT2D eigenvalue weighted by atomic mass is 10.1. The largest absolute Gasteiger partial charge is 0.480 e. The van der Waals surface area contributed by atoms with Crippen LogP contribution in [0.15, 0.2) is 67.4 Å². The first kappa shape index (κ1) is 22.0. The molecule has 4 N–H and O–H groups in total. The predicted octanol–water partition coefficient (Wildman–Crippen LogP) is 2.37. The fourth-order valence-electron chi connectivity index (χ4n) is 3.87. The van der Waals surface area contributed by atoms with E-state index in [-0.39, 0.29) is 23.9 Å². The molecule has 0 bridgehead atoms. The maximum absolute atomic E-state index is 13.2. The molecule has 35 heavy (non-hydrogen) atoms. The average molecular weight is 470 g/mol. The topological polar surface area (TPSA) is 145 Å². The van der Waals surface area contributed by atoms with Gasteiger partial charge in [-0.1, -0.05) is 30.3 Å². The van der Waals surface area contributed by atoms with Crippen LogP contribution >= 0.6 is 0 Å². The highest BCUT2D eigenvalue weighted by Gasteiger charge is 2.20. The number of carbonyl (C=O) groups excluding carboxylic acids is 1. The number of fused-ring (bicyclic) bond motifs is 1. The quantitative estimate of drug-likeness (QED) is 0.329. The van der Waals surface area contributed by atoms with E-state index in [0.717, 1.165) is 5.56 Å². The number of methoxy groups -OCH3 is 1. The highest BCUT2D eigenvalue weighted by Crippen LogP contribution is 2.30. The zero-order chi connectivity index (χ0) is 24.4. The van der Waals surface area contributed by atoms with Crippen LogP contribution < -0.4 is 15.8 Å². The van der Waals surface area contributed by atoms with E-state index in [9.17, 15) is 9.90 Å². The van der Waals surface area contributed by atoms with E-state index >= 15 is 0 Å². The highest BCUT2D eigenvalue weighted by molar-refractivity contribution is 6.06. The molecule has 5 rings (SSSR count). The molecular formula is C24H22N8O3. The summed E-state index contributed by atoms with van der Waals surface area (Å²) in [6, 6.07) is 13.3. The summed E-state index contributed by atoms with van der Waals surface area (Å²) in [6.45, 7) is 0.335. The number of aromatic nitrogens is 6. The van der Waals surface area contributed by atoms with Gasteiger partial charge in [-0.15, -0.1) is 0 Å². The van der Waals surface area contributed by atoms with Gasteiger partial charge < -0.3 is 20.9 Å². The predicted molar refractivity (Wildman–Crippen MR) is 129 cm³/mol. The fraction of sp³-hybridized carbons (Fsp3) is 0.125. The minimum atomic E-state index is -0.409. The lowest BCUT2D eigenvalue weighted by molar-refractivity contribution is 0.102. The van der Waals surface area contributed by atoms with Gasteiger partial charge in [0.25, 0.3) is 5.91 Å². The molecule has 0 aliphatic carbocycles. The summed E-state index contributed by atoms with van der Waals surface area (Å²) in [7, 11) is 1.45. The minimum absolute atomic E-state index is 0.167. The van der Waals surface area contributed by atoms with Crippen LogP contribution in [0, 0.1) is 0 Å². The van der Waals surface area contributed by atoms with Gasteiger partial charge in [-0.05, 0) is 17.7 Å². The maximum atomic E-state index is 13.2. The maximum Gasteiger partial charge on any atom is 0.261 e. The molecule has 11 nitrogen and oxygen atoms in total. The van der Waals surface area contributed by atoms with Crippen molar-refractivity contribution in [1.82, 2.24) is 29.4 Å². The SMILES string of the molecule is COc1ncc(-c2cc(CO)c3c(N)ncnn23)cc1C(=O)Nc1cnn(Cc2ccccc2)c1. The second kappa shape index (κ2) is 9.23. The molecule has 0 spiro atoms. The average Bonchev–Trinajstić information content (AvgIpc) is 3.49. The van der Waals surface area contributed by atoms with Crippen LogP contribution in [0.1, 0.15) is 21.5 Å². The molecule has 0 radical (unpaired) electrons. The molecule has 4 aromatic heterocycles. The number of aliphatic hydroxyl groups excluding tert-OH is 1. The first-order valence-electron chi connectivity index (χ1n) is 10.7. The Bertz CT molecular complexity index is 1510. The summed E-state index contributed by atoms with van der Waals surface area (Å²) in [4.78, 5) is 21.5. The monoisotopic (exact) mass is 470 g/mol. The van der Waals surface area contributed by atoms with Gasteiger partial charge in [-0.3, -0.25) is 9.48 Å². The van der Waals surface area contributed by atoms with E-state index in [0.29, 0.717) is 34.6 Å². The lowest BCUT2D eigenvalue weighted by Crippen LogP contribution is -2.14. The van der Waals surface area contributed by atoms with Crippen molar-refractivity contribution in [3.8, 4) is 17.1 Å². The van der Waals surface area contributed by atoms with Gasteiger partial charge in [0.1, 0.15) is 17.4 Å². The van der Waals surface area contributed by atoms with Crippen LogP contribution in [0.4, 0.5) is 11.5 Å². The van der Waals surface area contributed by atoms with Crippen LogP contribution in [0.3, 0.4) is 0 Å². The molecule has 0 atom stereocenters. The molecule has 11 heteroatoms. The van der Waals surface area contributed by atoms with Crippen molar-refractivity contribution >= 4 is 22.9 Å². The van der Waals surface area contributed by atoms with E-state index < -0.39 is 5.91 Å². The standard InChI is InChI=1S/C24H22N8O3/c1-35-24-19(23(34)30-18-10-28-31(12-18)11-15-5-3-2-4-6-15)7-16(9-26-24)20-8-17(13-33)21-22(25)27-14-29-32(20)21/h2-10,12,14,33H,11,13H2,1H3,(H,30,34)(H2,25,27,29). The van der Waals surface area contributed by atoms with Gasteiger partial charge in [-0.2, -0.15) is 10.2 Å². The number of carbonyl (C=O) groups is 1. The van der Waals surface area contributed by atoms with Crippen molar-refractivity contribution in [3.05, 3.63) is 84.1 Å². The van der Waals surface area contributed by atoms with Crippen LogP contribution in [0.25, 0.3) is 16.8 Å². The first-order chi connectivity index (χ1) is 17.1.